The van der Waals surface area contributed by atoms with Crippen molar-refractivity contribution in [1.29, 1.82) is 0 Å². The van der Waals surface area contributed by atoms with Gasteiger partial charge >= 0.3 is 0 Å². The average molecular weight is 285 g/mol. The molecule has 2 aromatic rings. The number of nitrogens with one attached hydrogen (secondary N) is 1. The van der Waals surface area contributed by atoms with E-state index in [0.29, 0.717) is 5.92 Å². The Morgan fingerprint density at radius 3 is 2.30 bits per heavy atom. The maximum absolute atomic E-state index is 3.44. The summed E-state index contributed by atoms with van der Waals surface area (Å²) in [5.41, 5.74) is 2.62. The van der Waals surface area contributed by atoms with Gasteiger partial charge in [0.05, 0.1) is 0 Å². The van der Waals surface area contributed by atoms with Gasteiger partial charge in [0.25, 0.3) is 0 Å². The highest BCUT2D eigenvalue weighted by atomic mass is 32.2. The molecule has 0 spiro atoms. The zero-order valence-corrected chi connectivity index (χ0v) is 13.1. The Hall–Kier alpha value is -1.41. The predicted octanol–water partition coefficient (Wildman–Crippen LogP) is 5.40. The summed E-state index contributed by atoms with van der Waals surface area (Å²) in [6.45, 7) is 5.50. The van der Waals surface area contributed by atoms with Crippen LogP contribution in [0.1, 0.15) is 31.7 Å². The Labute approximate surface area is 126 Å². The normalized spacial score (nSPS) is 10.8. The van der Waals surface area contributed by atoms with Gasteiger partial charge in [-0.25, -0.2) is 0 Å². The molecule has 0 atom stereocenters. The average Bonchev–Trinajstić information content (AvgIpc) is 2.48. The van der Waals surface area contributed by atoms with E-state index in [4.69, 9.17) is 0 Å². The van der Waals surface area contributed by atoms with Crippen molar-refractivity contribution in [2.75, 3.05) is 17.6 Å². The molecule has 1 nitrogen and oxygen atoms in total. The number of anilines is 1. The SMILES string of the molecule is CC(C)c1ccc(SCCCNc2ccccc2)cc1. The lowest BCUT2D eigenvalue weighted by Gasteiger charge is -2.08. The number of rotatable bonds is 7. The van der Waals surface area contributed by atoms with Gasteiger partial charge in [-0.15, -0.1) is 11.8 Å². The number of para-hydroxylation sites is 1. The van der Waals surface area contributed by atoms with E-state index >= 15 is 0 Å². The number of hydrogen-bond donors (Lipinski definition) is 1. The molecular weight excluding hydrogens is 262 g/mol. The Balaban J connectivity index is 1.66. The first-order valence-corrected chi connectivity index (χ1v) is 8.26. The van der Waals surface area contributed by atoms with Gasteiger partial charge in [-0.05, 0) is 47.9 Å². The minimum absolute atomic E-state index is 0.615. The fourth-order valence-electron chi connectivity index (χ4n) is 2.00. The van der Waals surface area contributed by atoms with E-state index in [9.17, 15) is 0 Å². The third-order valence-electron chi connectivity index (χ3n) is 3.24. The summed E-state index contributed by atoms with van der Waals surface area (Å²) in [5, 5.41) is 3.44. The van der Waals surface area contributed by atoms with Gasteiger partial charge in [-0.3, -0.25) is 0 Å². The lowest BCUT2D eigenvalue weighted by atomic mass is 10.0. The molecule has 0 radical (unpaired) electrons. The second-order valence-corrected chi connectivity index (χ2v) is 6.39. The quantitative estimate of drug-likeness (QED) is 0.539. The van der Waals surface area contributed by atoms with E-state index in [1.165, 1.54) is 22.6 Å². The van der Waals surface area contributed by atoms with Crippen LogP contribution < -0.4 is 5.32 Å². The molecule has 0 aliphatic heterocycles. The Kier molecular flexibility index (Phi) is 6.00. The van der Waals surface area contributed by atoms with Gasteiger partial charge in [0, 0.05) is 17.1 Å². The summed E-state index contributed by atoms with van der Waals surface area (Å²) in [7, 11) is 0. The Morgan fingerprint density at radius 2 is 1.65 bits per heavy atom. The van der Waals surface area contributed by atoms with Crippen LogP contribution in [-0.2, 0) is 0 Å². The van der Waals surface area contributed by atoms with Crippen LogP contribution in [-0.4, -0.2) is 12.3 Å². The van der Waals surface area contributed by atoms with Crippen LogP contribution in [0.2, 0.25) is 0 Å². The van der Waals surface area contributed by atoms with E-state index in [2.05, 4.69) is 67.7 Å². The minimum Gasteiger partial charge on any atom is -0.385 e. The van der Waals surface area contributed by atoms with Crippen molar-refractivity contribution in [2.24, 2.45) is 0 Å². The molecule has 0 aromatic heterocycles. The summed E-state index contributed by atoms with van der Waals surface area (Å²) in [4.78, 5) is 1.37. The fraction of sp³-hybridized carbons (Fsp3) is 0.333. The molecule has 1 N–H and O–H groups in total. The molecule has 0 aliphatic carbocycles. The molecule has 2 heteroatoms. The second-order valence-electron chi connectivity index (χ2n) is 5.22. The molecule has 20 heavy (non-hydrogen) atoms. The lowest BCUT2D eigenvalue weighted by Crippen LogP contribution is -2.02. The Bertz CT molecular complexity index is 491. The highest BCUT2D eigenvalue weighted by Crippen LogP contribution is 2.22. The van der Waals surface area contributed by atoms with Gasteiger partial charge in [0.2, 0.25) is 0 Å². The van der Waals surface area contributed by atoms with Gasteiger partial charge < -0.3 is 5.32 Å². The summed E-state index contributed by atoms with van der Waals surface area (Å²) in [5.74, 6) is 1.77. The molecule has 0 unspecified atom stereocenters. The monoisotopic (exact) mass is 285 g/mol. The van der Waals surface area contributed by atoms with Gasteiger partial charge in [0.1, 0.15) is 0 Å². The van der Waals surface area contributed by atoms with E-state index < -0.39 is 0 Å². The zero-order valence-electron chi connectivity index (χ0n) is 12.3. The first-order chi connectivity index (χ1) is 9.75. The predicted molar refractivity (Wildman–Crippen MR) is 90.8 cm³/mol. The third-order valence-corrected chi connectivity index (χ3v) is 4.34. The summed E-state index contributed by atoms with van der Waals surface area (Å²) < 4.78 is 0. The van der Waals surface area contributed by atoms with Crippen LogP contribution in [0.15, 0.2) is 59.5 Å². The van der Waals surface area contributed by atoms with Crippen molar-refractivity contribution in [3.05, 3.63) is 60.2 Å². The molecule has 2 rings (SSSR count). The van der Waals surface area contributed by atoms with Crippen molar-refractivity contribution in [3.8, 4) is 0 Å². The molecule has 0 saturated carbocycles. The van der Waals surface area contributed by atoms with Crippen molar-refractivity contribution >= 4 is 17.4 Å². The van der Waals surface area contributed by atoms with Gasteiger partial charge in [-0.1, -0.05) is 44.2 Å². The zero-order chi connectivity index (χ0) is 14.2. The van der Waals surface area contributed by atoms with E-state index in [1.807, 2.05) is 17.8 Å². The van der Waals surface area contributed by atoms with Gasteiger partial charge in [0.15, 0.2) is 0 Å². The summed E-state index contributed by atoms with van der Waals surface area (Å²) >= 11 is 1.94. The summed E-state index contributed by atoms with van der Waals surface area (Å²) in [6, 6.07) is 19.4. The van der Waals surface area contributed by atoms with Crippen molar-refractivity contribution < 1.29 is 0 Å². The van der Waals surface area contributed by atoms with Crippen LogP contribution in [0.5, 0.6) is 0 Å². The molecule has 0 heterocycles. The largest absolute Gasteiger partial charge is 0.385 e. The number of hydrogen-bond acceptors (Lipinski definition) is 2. The second kappa shape index (κ2) is 8.01. The first kappa shape index (κ1) is 15.0. The van der Waals surface area contributed by atoms with E-state index in [1.54, 1.807) is 0 Å². The molecule has 2 aromatic carbocycles. The lowest BCUT2D eigenvalue weighted by molar-refractivity contribution is 0.865. The number of benzene rings is 2. The fourth-order valence-corrected chi connectivity index (χ4v) is 2.85. The smallest absolute Gasteiger partial charge is 0.0340 e. The number of thioether (sulfide) groups is 1. The highest BCUT2D eigenvalue weighted by molar-refractivity contribution is 7.99. The topological polar surface area (TPSA) is 12.0 Å². The molecule has 106 valence electrons. The van der Waals surface area contributed by atoms with Crippen molar-refractivity contribution in [1.82, 2.24) is 0 Å². The van der Waals surface area contributed by atoms with Gasteiger partial charge in [-0.2, -0.15) is 0 Å². The van der Waals surface area contributed by atoms with Crippen molar-refractivity contribution in [3.63, 3.8) is 0 Å². The van der Waals surface area contributed by atoms with E-state index in [0.717, 1.165) is 12.3 Å². The minimum atomic E-state index is 0.615. The third kappa shape index (κ3) is 4.93. The molecular formula is C18H23NS. The van der Waals surface area contributed by atoms with Crippen LogP contribution >= 0.6 is 11.8 Å². The molecule has 0 aliphatic rings. The summed E-state index contributed by atoms with van der Waals surface area (Å²) in [6.07, 6.45) is 1.17. The molecule has 0 saturated heterocycles. The van der Waals surface area contributed by atoms with Crippen LogP contribution in [0.3, 0.4) is 0 Å². The molecule has 0 fully saturated rings. The standard InChI is InChI=1S/C18H23NS/c1-15(2)16-9-11-18(12-10-16)20-14-6-13-19-17-7-4-3-5-8-17/h3-5,7-12,15,19H,6,13-14H2,1-2H3. The van der Waals surface area contributed by atoms with Crippen LogP contribution in [0.4, 0.5) is 5.69 Å². The van der Waals surface area contributed by atoms with E-state index in [-0.39, 0.29) is 0 Å². The molecule has 0 bridgehead atoms. The van der Waals surface area contributed by atoms with Crippen LogP contribution in [0, 0.1) is 0 Å². The first-order valence-electron chi connectivity index (χ1n) is 7.27. The van der Waals surface area contributed by atoms with Crippen LogP contribution in [0.25, 0.3) is 0 Å². The molecule has 0 amide bonds. The Morgan fingerprint density at radius 1 is 0.950 bits per heavy atom. The maximum Gasteiger partial charge on any atom is 0.0340 e. The van der Waals surface area contributed by atoms with Crippen molar-refractivity contribution in [2.45, 2.75) is 31.1 Å². The maximum atomic E-state index is 3.44. The highest BCUT2D eigenvalue weighted by Gasteiger charge is 1.99.